The van der Waals surface area contributed by atoms with E-state index in [4.69, 9.17) is 9.15 Å². The Morgan fingerprint density at radius 1 is 1.13 bits per heavy atom. The highest BCUT2D eigenvalue weighted by molar-refractivity contribution is 5.91. The predicted molar refractivity (Wildman–Crippen MR) is 109 cm³/mol. The molecule has 1 aromatic heterocycles. The number of amides is 1. The molecule has 1 unspecified atom stereocenters. The Balaban J connectivity index is 1.33. The lowest BCUT2D eigenvalue weighted by Gasteiger charge is -2.25. The van der Waals surface area contributed by atoms with Crippen LogP contribution in [0.15, 0.2) is 70.1 Å². The molecule has 154 valence electrons. The fourth-order valence-electron chi connectivity index (χ4n) is 3.57. The number of para-hydroxylation sites is 1. The van der Waals surface area contributed by atoms with Crippen LogP contribution in [0.25, 0.3) is 0 Å². The van der Waals surface area contributed by atoms with Crippen molar-refractivity contribution in [3.63, 3.8) is 0 Å². The van der Waals surface area contributed by atoms with Crippen LogP contribution in [0.5, 0.6) is 5.75 Å². The number of nitrogens with one attached hydrogen (secondary N) is 2. The predicted octanol–water partition coefficient (Wildman–Crippen LogP) is 1.94. The molecular weight excluding hydrogens is 387 g/mol. The summed E-state index contributed by atoms with van der Waals surface area (Å²) in [5.41, 5.74) is 2.40. The van der Waals surface area contributed by atoms with Gasteiger partial charge in [-0.1, -0.05) is 36.4 Å². The Morgan fingerprint density at radius 3 is 2.70 bits per heavy atom. The minimum atomic E-state index is -0.569. The van der Waals surface area contributed by atoms with E-state index in [1.807, 2.05) is 6.07 Å². The summed E-state index contributed by atoms with van der Waals surface area (Å²) in [4.78, 5) is 25.6. The first-order chi connectivity index (χ1) is 14.6. The van der Waals surface area contributed by atoms with Gasteiger partial charge in [0.05, 0.1) is 12.2 Å². The number of rotatable bonds is 6. The zero-order valence-corrected chi connectivity index (χ0v) is 16.3. The van der Waals surface area contributed by atoms with E-state index < -0.39 is 18.3 Å². The van der Waals surface area contributed by atoms with Crippen molar-refractivity contribution in [3.8, 4) is 5.75 Å². The third kappa shape index (κ3) is 4.75. The molecule has 4 rings (SSSR count). The van der Waals surface area contributed by atoms with Crippen LogP contribution in [-0.2, 0) is 24.3 Å². The molecule has 2 N–H and O–H groups in total. The van der Waals surface area contributed by atoms with Gasteiger partial charge in [-0.3, -0.25) is 9.59 Å². The number of halogens is 1. The summed E-state index contributed by atoms with van der Waals surface area (Å²) in [6.45, 7) is 2.02. The normalized spacial score (nSPS) is 15.3. The van der Waals surface area contributed by atoms with Gasteiger partial charge in [-0.25, -0.2) is 4.39 Å². The lowest BCUT2D eigenvalue weighted by atomic mass is 10.00. The Kier molecular flexibility index (Phi) is 5.90. The zero-order chi connectivity index (χ0) is 20.9. The molecule has 3 aromatic rings. The molecule has 1 atom stereocenters. The summed E-state index contributed by atoms with van der Waals surface area (Å²) < 4.78 is 24.4. The lowest BCUT2D eigenvalue weighted by Crippen LogP contribution is -3.10. The number of carbonyl (C=O) groups is 1. The van der Waals surface area contributed by atoms with Crippen LogP contribution in [0.1, 0.15) is 16.9 Å². The standard InChI is InChI=1S/C23H21FN2O4/c24-19-7-3-4-8-20(19)25-23(28)15-30-22-14-29-18(11-21(22)27)13-26-10-9-16-5-1-2-6-17(16)12-26/h1-8,11,14H,9-10,12-13,15H2,(H,25,28)/p+1. The first-order valence-electron chi connectivity index (χ1n) is 9.78. The van der Waals surface area contributed by atoms with Crippen molar-refractivity contribution in [1.29, 1.82) is 0 Å². The van der Waals surface area contributed by atoms with Crippen molar-refractivity contribution in [2.24, 2.45) is 0 Å². The van der Waals surface area contributed by atoms with Crippen LogP contribution in [0.3, 0.4) is 0 Å². The van der Waals surface area contributed by atoms with Crippen molar-refractivity contribution < 1.29 is 23.2 Å². The van der Waals surface area contributed by atoms with Crippen LogP contribution < -0.4 is 20.4 Å². The summed E-state index contributed by atoms with van der Waals surface area (Å²) in [7, 11) is 0. The third-order valence-electron chi connectivity index (χ3n) is 5.09. The minimum Gasteiger partial charge on any atom is -0.477 e. The molecular formula is C23H22FN2O4+. The fourth-order valence-corrected chi connectivity index (χ4v) is 3.57. The van der Waals surface area contributed by atoms with Crippen LogP contribution in [0.2, 0.25) is 0 Å². The number of ether oxygens (including phenoxy) is 1. The van der Waals surface area contributed by atoms with E-state index in [1.165, 1.54) is 46.6 Å². The summed E-state index contributed by atoms with van der Waals surface area (Å²) >= 11 is 0. The van der Waals surface area contributed by atoms with Gasteiger partial charge in [-0.2, -0.15) is 0 Å². The molecule has 1 aliphatic rings. The van der Waals surface area contributed by atoms with E-state index >= 15 is 0 Å². The molecule has 0 radical (unpaired) electrons. The molecule has 6 nitrogen and oxygen atoms in total. The van der Waals surface area contributed by atoms with Crippen molar-refractivity contribution >= 4 is 11.6 Å². The fraction of sp³-hybridized carbons (Fsp3) is 0.217. The topological polar surface area (TPSA) is 73.0 Å². The van der Waals surface area contributed by atoms with Crippen molar-refractivity contribution in [2.45, 2.75) is 19.5 Å². The molecule has 1 aliphatic heterocycles. The number of hydrogen-bond donors (Lipinski definition) is 2. The number of anilines is 1. The molecule has 0 fully saturated rings. The first kappa shape index (κ1) is 19.8. The maximum atomic E-state index is 13.6. The largest absolute Gasteiger partial charge is 0.477 e. The minimum absolute atomic E-state index is 0.0542. The van der Waals surface area contributed by atoms with E-state index in [2.05, 4.69) is 23.5 Å². The van der Waals surface area contributed by atoms with Gasteiger partial charge in [-0.15, -0.1) is 0 Å². The van der Waals surface area contributed by atoms with Gasteiger partial charge < -0.3 is 19.4 Å². The highest BCUT2D eigenvalue weighted by atomic mass is 19.1. The molecule has 0 saturated heterocycles. The van der Waals surface area contributed by atoms with E-state index in [9.17, 15) is 14.0 Å². The van der Waals surface area contributed by atoms with Gasteiger partial charge in [0.15, 0.2) is 12.4 Å². The summed E-state index contributed by atoms with van der Waals surface area (Å²) in [5, 5.41) is 2.40. The van der Waals surface area contributed by atoms with Crippen molar-refractivity contribution in [1.82, 2.24) is 0 Å². The molecule has 7 heteroatoms. The second-order valence-corrected chi connectivity index (χ2v) is 7.26. The number of benzene rings is 2. The molecule has 0 saturated carbocycles. The highest BCUT2D eigenvalue weighted by Crippen LogP contribution is 2.13. The van der Waals surface area contributed by atoms with E-state index in [-0.39, 0.29) is 16.9 Å². The summed E-state index contributed by atoms with van der Waals surface area (Å²) in [5.74, 6) is -0.600. The van der Waals surface area contributed by atoms with Crippen molar-refractivity contribution in [3.05, 3.63) is 93.8 Å². The van der Waals surface area contributed by atoms with E-state index in [0.29, 0.717) is 12.3 Å². The van der Waals surface area contributed by atoms with Gasteiger partial charge in [0.25, 0.3) is 5.91 Å². The number of carbonyl (C=O) groups excluding carboxylic acids is 1. The maximum Gasteiger partial charge on any atom is 0.262 e. The monoisotopic (exact) mass is 409 g/mol. The Morgan fingerprint density at radius 2 is 1.90 bits per heavy atom. The van der Waals surface area contributed by atoms with E-state index in [0.717, 1.165) is 19.5 Å². The summed E-state index contributed by atoms with van der Waals surface area (Å²) in [6, 6.07) is 15.6. The third-order valence-corrected chi connectivity index (χ3v) is 5.09. The quantitative estimate of drug-likeness (QED) is 0.653. The molecule has 2 heterocycles. The van der Waals surface area contributed by atoms with Gasteiger partial charge in [0.1, 0.15) is 25.2 Å². The molecule has 0 spiro atoms. The number of fused-ring (bicyclic) bond motifs is 1. The number of quaternary nitrogens is 1. The molecule has 0 aliphatic carbocycles. The average molecular weight is 409 g/mol. The van der Waals surface area contributed by atoms with Crippen LogP contribution in [-0.4, -0.2) is 19.1 Å². The second-order valence-electron chi connectivity index (χ2n) is 7.26. The second kappa shape index (κ2) is 8.92. The maximum absolute atomic E-state index is 13.6. The van der Waals surface area contributed by atoms with E-state index in [1.54, 1.807) is 6.07 Å². The highest BCUT2D eigenvalue weighted by Gasteiger charge is 2.20. The summed E-state index contributed by atoms with van der Waals surface area (Å²) in [6.07, 6.45) is 2.22. The molecule has 2 aromatic carbocycles. The van der Waals surface area contributed by atoms with Crippen molar-refractivity contribution in [2.75, 3.05) is 18.5 Å². The van der Waals surface area contributed by atoms with Crippen LogP contribution in [0, 0.1) is 5.82 Å². The first-order valence-corrected chi connectivity index (χ1v) is 9.78. The van der Waals surface area contributed by atoms with Gasteiger partial charge in [0.2, 0.25) is 11.2 Å². The zero-order valence-electron chi connectivity index (χ0n) is 16.3. The van der Waals surface area contributed by atoms with Crippen LogP contribution >= 0.6 is 0 Å². The lowest BCUT2D eigenvalue weighted by molar-refractivity contribution is -0.930. The van der Waals surface area contributed by atoms with Gasteiger partial charge in [0, 0.05) is 18.1 Å². The Hall–Kier alpha value is -3.45. The van der Waals surface area contributed by atoms with Gasteiger partial charge >= 0.3 is 0 Å². The SMILES string of the molecule is O=C(COc1coc(C[NH+]2CCc3ccccc3C2)cc1=O)Nc1ccccc1F. The Bertz CT molecular complexity index is 1110. The Labute approximate surface area is 172 Å². The molecule has 30 heavy (non-hydrogen) atoms. The smallest absolute Gasteiger partial charge is 0.262 e. The van der Waals surface area contributed by atoms with Gasteiger partial charge in [-0.05, 0) is 17.7 Å². The average Bonchev–Trinajstić information content (AvgIpc) is 2.75. The van der Waals surface area contributed by atoms with Crippen LogP contribution in [0.4, 0.5) is 10.1 Å². The number of hydrogen-bond acceptors (Lipinski definition) is 4. The molecule has 1 amide bonds. The molecule has 0 bridgehead atoms.